The van der Waals surface area contributed by atoms with E-state index in [1.165, 1.54) is 24.3 Å². The number of thioether (sulfide) groups is 1. The molecule has 0 radical (unpaired) electrons. The second-order valence-corrected chi connectivity index (χ2v) is 8.36. The molecule has 0 aliphatic carbocycles. The van der Waals surface area contributed by atoms with Crippen LogP contribution in [0.3, 0.4) is 0 Å². The molecule has 190 valence electrons. The summed E-state index contributed by atoms with van der Waals surface area (Å²) in [5.74, 6) is -3.89. The number of hydrogen-bond donors (Lipinski definition) is 8. The van der Waals surface area contributed by atoms with Crippen molar-refractivity contribution in [1.82, 2.24) is 25.9 Å². The molecule has 4 atom stereocenters. The fourth-order valence-electron chi connectivity index (χ4n) is 2.77. The maximum Gasteiger partial charge on any atom is 0.328 e. The standard InChI is InChI=1S/C19H31N7O7S/c1-34-5-4-11(20)16(29)25-13(6-10-7-22-9-23-10)18(31)24-12(2-3-15(21)28)17(30)26-14(8-27)19(32)33/h7,9,11-14,27H,2-6,8,20H2,1H3,(H2,21,28)(H,22,23)(H,24,31)(H,25,29)(H,26,30)(H,32,33). The molecule has 4 amide bonds. The van der Waals surface area contributed by atoms with Crippen LogP contribution in [0, 0.1) is 0 Å². The first-order valence-electron chi connectivity index (χ1n) is 10.3. The van der Waals surface area contributed by atoms with Gasteiger partial charge in [-0.2, -0.15) is 11.8 Å². The highest BCUT2D eigenvalue weighted by atomic mass is 32.2. The zero-order valence-corrected chi connectivity index (χ0v) is 19.5. The van der Waals surface area contributed by atoms with E-state index in [9.17, 15) is 24.0 Å². The van der Waals surface area contributed by atoms with E-state index < -0.39 is 60.4 Å². The van der Waals surface area contributed by atoms with Crippen LogP contribution < -0.4 is 27.4 Å². The van der Waals surface area contributed by atoms with Crippen molar-refractivity contribution in [2.24, 2.45) is 11.5 Å². The lowest BCUT2D eigenvalue weighted by atomic mass is 10.1. The summed E-state index contributed by atoms with van der Waals surface area (Å²) in [6.45, 7) is -0.885. The molecule has 14 nitrogen and oxygen atoms in total. The van der Waals surface area contributed by atoms with Crippen molar-refractivity contribution in [1.29, 1.82) is 0 Å². The summed E-state index contributed by atoms with van der Waals surface area (Å²) in [5, 5.41) is 25.2. The van der Waals surface area contributed by atoms with Gasteiger partial charge in [0.2, 0.25) is 23.6 Å². The lowest BCUT2D eigenvalue weighted by Gasteiger charge is -2.24. The minimum Gasteiger partial charge on any atom is -0.480 e. The Hall–Kier alpha value is -3.17. The van der Waals surface area contributed by atoms with Crippen LogP contribution in [0.2, 0.25) is 0 Å². The highest BCUT2D eigenvalue weighted by molar-refractivity contribution is 7.98. The minimum absolute atomic E-state index is 0.00856. The average Bonchev–Trinajstić information content (AvgIpc) is 3.30. The Labute approximate surface area is 200 Å². The summed E-state index contributed by atoms with van der Waals surface area (Å²) in [5.41, 5.74) is 11.5. The predicted octanol–water partition coefficient (Wildman–Crippen LogP) is -3.17. The molecule has 1 rings (SSSR count). The summed E-state index contributed by atoms with van der Waals surface area (Å²) in [4.78, 5) is 67.1. The van der Waals surface area contributed by atoms with E-state index in [4.69, 9.17) is 21.7 Å². The molecular formula is C19H31N7O7S. The predicted molar refractivity (Wildman–Crippen MR) is 122 cm³/mol. The largest absolute Gasteiger partial charge is 0.480 e. The molecule has 10 N–H and O–H groups in total. The summed E-state index contributed by atoms with van der Waals surface area (Å²) in [6, 6.07) is -5.00. The van der Waals surface area contributed by atoms with Crippen molar-refractivity contribution in [2.45, 2.75) is 49.9 Å². The highest BCUT2D eigenvalue weighted by Crippen LogP contribution is 2.05. The van der Waals surface area contributed by atoms with Crippen molar-refractivity contribution in [3.63, 3.8) is 0 Å². The number of nitrogens with one attached hydrogen (secondary N) is 4. The molecule has 0 aliphatic rings. The van der Waals surface area contributed by atoms with E-state index in [1.54, 1.807) is 0 Å². The fourth-order valence-corrected chi connectivity index (χ4v) is 3.26. The number of amides is 4. The Kier molecular flexibility index (Phi) is 12.6. The molecule has 0 aromatic carbocycles. The SMILES string of the molecule is CSCCC(N)C(=O)NC(Cc1cnc[nH]1)C(=O)NC(CCC(N)=O)C(=O)NC(CO)C(=O)O. The monoisotopic (exact) mass is 501 g/mol. The van der Waals surface area contributed by atoms with Gasteiger partial charge < -0.3 is 42.6 Å². The molecule has 0 saturated carbocycles. The minimum atomic E-state index is -1.62. The number of carbonyl (C=O) groups excluding carboxylic acids is 4. The second-order valence-electron chi connectivity index (χ2n) is 7.38. The Morgan fingerprint density at radius 3 is 2.21 bits per heavy atom. The van der Waals surface area contributed by atoms with Gasteiger partial charge in [0.05, 0.1) is 19.0 Å². The molecule has 34 heavy (non-hydrogen) atoms. The van der Waals surface area contributed by atoms with Gasteiger partial charge in [-0.3, -0.25) is 19.2 Å². The van der Waals surface area contributed by atoms with Crippen molar-refractivity contribution >= 4 is 41.4 Å². The zero-order valence-electron chi connectivity index (χ0n) is 18.7. The Bertz CT molecular complexity index is 837. The molecule has 15 heteroatoms. The number of rotatable bonds is 16. The van der Waals surface area contributed by atoms with E-state index in [0.717, 1.165) is 0 Å². The first-order valence-corrected chi connectivity index (χ1v) is 11.7. The molecule has 0 fully saturated rings. The van der Waals surface area contributed by atoms with Gasteiger partial charge >= 0.3 is 5.97 Å². The number of primary amides is 1. The lowest BCUT2D eigenvalue weighted by Crippen LogP contribution is -2.58. The molecule has 4 unspecified atom stereocenters. The van der Waals surface area contributed by atoms with Gasteiger partial charge in [-0.15, -0.1) is 0 Å². The maximum absolute atomic E-state index is 13.0. The van der Waals surface area contributed by atoms with Crippen LogP contribution in [0.5, 0.6) is 0 Å². The van der Waals surface area contributed by atoms with Crippen LogP contribution in [-0.2, 0) is 30.4 Å². The number of H-pyrrole nitrogens is 1. The second kappa shape index (κ2) is 14.9. The fraction of sp³-hybridized carbons (Fsp3) is 0.579. The number of carboxylic acid groups (broad SMARTS) is 1. The van der Waals surface area contributed by atoms with Gasteiger partial charge in [0.15, 0.2) is 0 Å². The molecule has 1 heterocycles. The van der Waals surface area contributed by atoms with Crippen molar-refractivity contribution in [2.75, 3.05) is 18.6 Å². The van der Waals surface area contributed by atoms with E-state index in [0.29, 0.717) is 17.9 Å². The highest BCUT2D eigenvalue weighted by Gasteiger charge is 2.30. The maximum atomic E-state index is 13.0. The van der Waals surface area contributed by atoms with Gasteiger partial charge in [0, 0.05) is 24.7 Å². The third kappa shape index (κ3) is 10.2. The molecule has 0 bridgehead atoms. The van der Waals surface area contributed by atoms with Gasteiger partial charge in [0.25, 0.3) is 0 Å². The van der Waals surface area contributed by atoms with E-state index in [2.05, 4.69) is 25.9 Å². The third-order valence-corrected chi connectivity index (χ3v) is 5.34. The quantitative estimate of drug-likeness (QED) is 0.113. The number of nitrogens with zero attached hydrogens (tertiary/aromatic N) is 1. The van der Waals surface area contributed by atoms with Crippen molar-refractivity contribution < 1.29 is 34.2 Å². The summed E-state index contributed by atoms with van der Waals surface area (Å²) in [6.07, 6.45) is 4.56. The smallest absolute Gasteiger partial charge is 0.328 e. The number of imidazole rings is 1. The number of aliphatic carboxylic acids is 1. The zero-order chi connectivity index (χ0) is 25.7. The van der Waals surface area contributed by atoms with Crippen LogP contribution in [0.25, 0.3) is 0 Å². The number of aromatic nitrogens is 2. The van der Waals surface area contributed by atoms with E-state index >= 15 is 0 Å². The van der Waals surface area contributed by atoms with E-state index in [-0.39, 0.29) is 19.3 Å². The average molecular weight is 502 g/mol. The number of carboxylic acids is 1. The van der Waals surface area contributed by atoms with Crippen LogP contribution >= 0.6 is 11.8 Å². The number of aliphatic hydroxyl groups is 1. The Morgan fingerprint density at radius 1 is 1.06 bits per heavy atom. The van der Waals surface area contributed by atoms with Crippen LogP contribution in [-0.4, -0.2) is 92.6 Å². The molecular weight excluding hydrogens is 470 g/mol. The Morgan fingerprint density at radius 2 is 1.68 bits per heavy atom. The lowest BCUT2D eigenvalue weighted by molar-refractivity contribution is -0.143. The number of aromatic amines is 1. The first kappa shape index (κ1) is 28.9. The van der Waals surface area contributed by atoms with Gasteiger partial charge in [-0.1, -0.05) is 0 Å². The molecule has 0 saturated heterocycles. The van der Waals surface area contributed by atoms with Gasteiger partial charge in [-0.25, -0.2) is 9.78 Å². The van der Waals surface area contributed by atoms with Gasteiger partial charge in [0.1, 0.15) is 18.1 Å². The molecule has 0 aliphatic heterocycles. The van der Waals surface area contributed by atoms with Crippen LogP contribution in [0.4, 0.5) is 0 Å². The number of nitrogens with two attached hydrogens (primary N) is 2. The van der Waals surface area contributed by atoms with Gasteiger partial charge in [-0.05, 0) is 24.9 Å². The number of hydrogen-bond acceptors (Lipinski definition) is 9. The normalized spacial score (nSPS) is 14.3. The molecule has 0 spiro atoms. The first-order chi connectivity index (χ1) is 16.1. The number of aliphatic hydroxyl groups excluding tert-OH is 1. The third-order valence-electron chi connectivity index (χ3n) is 4.69. The summed E-state index contributed by atoms with van der Waals surface area (Å²) >= 11 is 1.51. The Balaban J connectivity index is 3.02. The van der Waals surface area contributed by atoms with Crippen LogP contribution in [0.15, 0.2) is 12.5 Å². The number of carbonyl (C=O) groups is 5. The topological polar surface area (TPSA) is 243 Å². The van der Waals surface area contributed by atoms with Crippen LogP contribution in [0.1, 0.15) is 25.0 Å². The summed E-state index contributed by atoms with van der Waals surface area (Å²) < 4.78 is 0. The molecule has 1 aromatic rings. The van der Waals surface area contributed by atoms with Crippen molar-refractivity contribution in [3.05, 3.63) is 18.2 Å². The molecule has 1 aromatic heterocycles. The van der Waals surface area contributed by atoms with E-state index in [1.807, 2.05) is 6.26 Å². The summed E-state index contributed by atoms with van der Waals surface area (Å²) in [7, 11) is 0. The van der Waals surface area contributed by atoms with Crippen molar-refractivity contribution in [3.8, 4) is 0 Å².